The molecule has 7 N–H and O–H groups in total. The van der Waals surface area contributed by atoms with Crippen LogP contribution < -0.4 is 21.1 Å². The van der Waals surface area contributed by atoms with Crippen molar-refractivity contribution in [1.82, 2.24) is 10.2 Å². The molecular formula is C33H46N5O10S2+. The Labute approximate surface area is 292 Å². The topological polar surface area (TPSA) is 229 Å². The lowest BCUT2D eigenvalue weighted by Crippen LogP contribution is -2.50. The van der Waals surface area contributed by atoms with Crippen LogP contribution in [0.15, 0.2) is 59.3 Å². The first-order chi connectivity index (χ1) is 23.4. The quantitative estimate of drug-likeness (QED) is 0.124. The summed E-state index contributed by atoms with van der Waals surface area (Å²) in [5.41, 5.74) is 4.62. The Bertz CT molecular complexity index is 1850. The van der Waals surface area contributed by atoms with Crippen molar-refractivity contribution in [1.29, 1.82) is 0 Å². The number of aliphatic imine (C=N–C) groups is 1. The molecule has 15 nitrogen and oxygen atoms in total. The van der Waals surface area contributed by atoms with E-state index in [2.05, 4.69) is 16.4 Å². The minimum atomic E-state index is -4.20. The number of allylic oxidation sites excluding steroid dienone is 1. The normalized spacial score (nSPS) is 16.5. The molecule has 0 bridgehead atoms. The van der Waals surface area contributed by atoms with E-state index in [-0.39, 0.29) is 25.9 Å². The number of ether oxygens (including phenoxy) is 2. The number of hydrogen-bond acceptors (Lipinski definition) is 10. The van der Waals surface area contributed by atoms with E-state index < -0.39 is 61.4 Å². The maximum absolute atomic E-state index is 13.7. The number of carbonyl (C=O) groups excluding carboxylic acids is 2. The summed E-state index contributed by atoms with van der Waals surface area (Å²) < 4.78 is 75.5. The number of quaternary nitrogens is 1. The van der Waals surface area contributed by atoms with E-state index in [1.54, 1.807) is 39.0 Å². The van der Waals surface area contributed by atoms with Crippen molar-refractivity contribution in [2.75, 3.05) is 36.5 Å². The molecule has 2 aromatic rings. The monoisotopic (exact) mass is 736 g/mol. The highest BCUT2D eigenvalue weighted by Gasteiger charge is 2.29. The van der Waals surface area contributed by atoms with Crippen LogP contribution in [0.4, 0.5) is 16.2 Å². The standard InChI is InChI=1S/C33H45N5O10S2/c1-33(2,3)48-32(40)37-26(12-6-7-15-34)31(39)36-27-21-29-30(24-11-5-4-10-23(24)27)35-25-14-13-22(20-28(25)47-29)38(16-8-18-49(41,42)43)17-9-19-50(44,45)46/h4-5,10-11,13-14,20-22,26H,6-9,12,15-19,34H2,1-3H3,(H,36,39)(H,37,40)(H,41,42,43)(H,44,45,46)/p+1/t22?,26-/m0/s1. The summed E-state index contributed by atoms with van der Waals surface area (Å²) in [4.78, 5) is 33.0. The summed E-state index contributed by atoms with van der Waals surface area (Å²) in [6.45, 7) is 6.30. The van der Waals surface area contributed by atoms with Crippen molar-refractivity contribution in [2.24, 2.45) is 4.99 Å². The lowest BCUT2D eigenvalue weighted by molar-refractivity contribution is -0.368. The molecule has 4 rings (SSSR count). The Morgan fingerprint density at radius 2 is 1.66 bits per heavy atom. The number of alkyl carbamates (subject to hydrolysis) is 1. The second kappa shape index (κ2) is 16.4. The van der Waals surface area contributed by atoms with E-state index in [9.17, 15) is 35.5 Å². The third-order valence-corrected chi connectivity index (χ3v) is 9.44. The van der Waals surface area contributed by atoms with Crippen molar-refractivity contribution in [3.05, 3.63) is 54.3 Å². The number of carbonyl (C=O) groups is 2. The van der Waals surface area contributed by atoms with E-state index in [4.69, 9.17) is 14.5 Å². The number of unbranched alkanes of at least 4 members (excludes halogenated alkanes) is 1. The molecule has 1 heterocycles. The van der Waals surface area contributed by atoms with Gasteiger partial charge in [0, 0.05) is 29.9 Å². The third-order valence-electron chi connectivity index (χ3n) is 7.83. The van der Waals surface area contributed by atoms with E-state index in [0.717, 1.165) is 6.42 Å². The molecule has 0 radical (unpaired) electrons. The number of anilines is 1. The summed E-state index contributed by atoms with van der Waals surface area (Å²) in [5, 5.41) is 7.08. The Hall–Kier alpha value is -3.87. The van der Waals surface area contributed by atoms with E-state index in [1.807, 2.05) is 35.2 Å². The first kappa shape index (κ1) is 38.9. The molecule has 0 saturated carbocycles. The summed E-state index contributed by atoms with van der Waals surface area (Å²) in [5.74, 6) is -0.630. The van der Waals surface area contributed by atoms with Crippen LogP contribution >= 0.6 is 0 Å². The fourth-order valence-corrected chi connectivity index (χ4v) is 6.61. The highest BCUT2D eigenvalue weighted by molar-refractivity contribution is 7.86. The molecule has 17 heteroatoms. The molecule has 2 atom stereocenters. The summed E-state index contributed by atoms with van der Waals surface area (Å²) >= 11 is 0. The fourth-order valence-electron chi connectivity index (χ4n) is 5.62. The average Bonchev–Trinajstić information content (AvgIpc) is 3.00. The van der Waals surface area contributed by atoms with Gasteiger partial charge in [-0.2, -0.15) is 16.8 Å². The average molecular weight is 737 g/mol. The maximum atomic E-state index is 13.7. The van der Waals surface area contributed by atoms with Gasteiger partial charge in [0.2, 0.25) is 5.91 Å². The SMILES string of the molecule is CC(C)(C)OC(=O)N[C@@H](CCCC[NH3+])C(=O)Nc1cc2c(c3ccccc13)N=C1C=CC(N(CCCS(=O)(=O)O)CCCS(=O)(=O)O)C=C1O2. The fraction of sp³-hybridized carbons (Fsp3) is 0.485. The lowest BCUT2D eigenvalue weighted by Gasteiger charge is -2.31. The van der Waals surface area contributed by atoms with Crippen LogP contribution in [0.2, 0.25) is 0 Å². The summed E-state index contributed by atoms with van der Waals surface area (Å²) in [6.07, 6.45) is 6.61. The molecule has 0 saturated heterocycles. The zero-order valence-electron chi connectivity index (χ0n) is 28.4. The molecular weight excluding hydrogens is 691 g/mol. The van der Waals surface area contributed by atoms with Crippen LogP contribution in [-0.4, -0.2) is 97.4 Å². The van der Waals surface area contributed by atoms with Gasteiger partial charge in [0.05, 0.1) is 29.8 Å². The van der Waals surface area contributed by atoms with Crippen LogP contribution in [-0.2, 0) is 29.8 Å². The van der Waals surface area contributed by atoms with Gasteiger partial charge in [-0.25, -0.2) is 9.79 Å². The third kappa shape index (κ3) is 11.6. The summed E-state index contributed by atoms with van der Waals surface area (Å²) in [6, 6.07) is 7.72. The van der Waals surface area contributed by atoms with Crippen molar-refractivity contribution < 1.29 is 50.7 Å². The van der Waals surface area contributed by atoms with Gasteiger partial charge in [-0.1, -0.05) is 30.3 Å². The molecule has 0 spiro atoms. The molecule has 274 valence electrons. The van der Waals surface area contributed by atoms with Crippen LogP contribution in [0.1, 0.15) is 52.9 Å². The van der Waals surface area contributed by atoms with Gasteiger partial charge in [0.25, 0.3) is 20.2 Å². The highest BCUT2D eigenvalue weighted by Crippen LogP contribution is 2.44. The number of nitrogens with zero attached hydrogens (tertiary/aromatic N) is 2. The Balaban J connectivity index is 1.61. The van der Waals surface area contributed by atoms with Crippen LogP contribution in [0, 0.1) is 0 Å². The van der Waals surface area contributed by atoms with Crippen molar-refractivity contribution in [3.63, 3.8) is 0 Å². The zero-order chi connectivity index (χ0) is 36.7. The van der Waals surface area contributed by atoms with Crippen molar-refractivity contribution in [3.8, 4) is 5.75 Å². The molecule has 1 aliphatic heterocycles. The number of benzene rings is 2. The van der Waals surface area contributed by atoms with Gasteiger partial charge >= 0.3 is 6.09 Å². The van der Waals surface area contributed by atoms with E-state index in [1.165, 1.54) is 0 Å². The van der Waals surface area contributed by atoms with E-state index in [0.29, 0.717) is 58.8 Å². The smallest absolute Gasteiger partial charge is 0.408 e. The van der Waals surface area contributed by atoms with Gasteiger partial charge in [-0.05, 0) is 65.0 Å². The first-order valence-corrected chi connectivity index (χ1v) is 19.6. The minimum Gasteiger partial charge on any atom is -0.453 e. The largest absolute Gasteiger partial charge is 0.453 e. The van der Waals surface area contributed by atoms with Gasteiger partial charge in [0.1, 0.15) is 23.0 Å². The Kier molecular flexibility index (Phi) is 12.8. The van der Waals surface area contributed by atoms with Gasteiger partial charge in [-0.3, -0.25) is 18.8 Å². The number of fused-ring (bicyclic) bond motifs is 4. The maximum Gasteiger partial charge on any atom is 0.408 e. The predicted molar refractivity (Wildman–Crippen MR) is 190 cm³/mol. The van der Waals surface area contributed by atoms with Gasteiger partial charge < -0.3 is 25.8 Å². The molecule has 0 aromatic heterocycles. The predicted octanol–water partition coefficient (Wildman–Crippen LogP) is 3.23. The first-order valence-electron chi connectivity index (χ1n) is 16.4. The summed E-state index contributed by atoms with van der Waals surface area (Å²) in [7, 11) is -8.40. The number of amides is 2. The highest BCUT2D eigenvalue weighted by atomic mass is 32.2. The molecule has 2 amide bonds. The lowest BCUT2D eigenvalue weighted by atomic mass is 10.0. The molecule has 50 heavy (non-hydrogen) atoms. The molecule has 2 aliphatic rings. The van der Waals surface area contributed by atoms with Crippen LogP contribution in [0.25, 0.3) is 10.8 Å². The number of rotatable bonds is 16. The zero-order valence-corrected chi connectivity index (χ0v) is 30.1. The molecule has 0 fully saturated rings. The number of nitrogens with one attached hydrogen (secondary N) is 2. The molecule has 2 aromatic carbocycles. The van der Waals surface area contributed by atoms with Gasteiger partial charge in [-0.15, -0.1) is 0 Å². The molecule has 1 aliphatic carbocycles. The Morgan fingerprint density at radius 3 is 2.26 bits per heavy atom. The van der Waals surface area contributed by atoms with Crippen molar-refractivity contribution >= 4 is 60.1 Å². The molecule has 1 unspecified atom stereocenters. The van der Waals surface area contributed by atoms with Crippen molar-refractivity contribution in [2.45, 2.75) is 70.6 Å². The second-order valence-corrected chi connectivity index (χ2v) is 16.3. The number of hydrogen-bond donors (Lipinski definition) is 5. The van der Waals surface area contributed by atoms with Gasteiger partial charge in [0.15, 0.2) is 11.5 Å². The van der Waals surface area contributed by atoms with E-state index >= 15 is 0 Å². The second-order valence-electron chi connectivity index (χ2n) is 13.1. The van der Waals surface area contributed by atoms with Crippen LogP contribution in [0.3, 0.4) is 0 Å². The van der Waals surface area contributed by atoms with Crippen LogP contribution in [0.5, 0.6) is 5.75 Å². The Morgan fingerprint density at radius 1 is 1.02 bits per heavy atom. The minimum absolute atomic E-state index is 0.0804.